The second kappa shape index (κ2) is 13.9. The maximum Gasteiger partial charge on any atom is 0.244 e. The van der Waals surface area contributed by atoms with Gasteiger partial charge in [-0.3, -0.25) is 13.9 Å². The number of anilines is 1. The molecule has 0 radical (unpaired) electrons. The van der Waals surface area contributed by atoms with Gasteiger partial charge in [-0.2, -0.15) is 0 Å². The SMILES string of the molecule is CCC(C(=O)NC1CCCCC1)N(Cc1cccc(OC)c1)C(=O)CN(c1cc(Cl)c(Cl)cc1Cl)S(C)(=O)=O. The molecule has 1 aliphatic rings. The third kappa shape index (κ3) is 8.39. The fourth-order valence-electron chi connectivity index (χ4n) is 4.73. The lowest BCUT2D eigenvalue weighted by atomic mass is 9.95. The van der Waals surface area contributed by atoms with Gasteiger partial charge in [-0.1, -0.05) is 73.1 Å². The van der Waals surface area contributed by atoms with Crippen molar-refractivity contribution in [3.8, 4) is 5.75 Å². The minimum atomic E-state index is -3.98. The number of nitrogens with zero attached hydrogens (tertiary/aromatic N) is 2. The molecule has 39 heavy (non-hydrogen) atoms. The number of benzene rings is 2. The van der Waals surface area contributed by atoms with Gasteiger partial charge < -0.3 is 15.0 Å². The van der Waals surface area contributed by atoms with Crippen LogP contribution in [0.3, 0.4) is 0 Å². The quantitative estimate of drug-likeness (QED) is 0.327. The summed E-state index contributed by atoms with van der Waals surface area (Å²) in [4.78, 5) is 28.8. The van der Waals surface area contributed by atoms with E-state index in [1.165, 1.54) is 17.0 Å². The van der Waals surface area contributed by atoms with Gasteiger partial charge in [0.05, 0.1) is 34.1 Å². The van der Waals surface area contributed by atoms with Crippen molar-refractivity contribution in [2.75, 3.05) is 24.2 Å². The van der Waals surface area contributed by atoms with Crippen LogP contribution < -0.4 is 14.4 Å². The molecule has 1 atom stereocenters. The van der Waals surface area contributed by atoms with E-state index >= 15 is 0 Å². The molecule has 3 rings (SSSR count). The zero-order chi connectivity index (χ0) is 28.7. The minimum absolute atomic E-state index is 0.0166. The highest BCUT2D eigenvalue weighted by molar-refractivity contribution is 7.92. The third-order valence-corrected chi connectivity index (χ3v) is 8.91. The number of nitrogens with one attached hydrogen (secondary N) is 1. The normalized spacial score (nSPS) is 14.9. The molecule has 2 amide bonds. The first kappa shape index (κ1) is 31.3. The van der Waals surface area contributed by atoms with E-state index in [0.717, 1.165) is 48.2 Å². The van der Waals surface area contributed by atoms with Gasteiger partial charge >= 0.3 is 0 Å². The number of hydrogen-bond donors (Lipinski definition) is 1. The highest BCUT2D eigenvalue weighted by Gasteiger charge is 2.33. The number of hydrogen-bond acceptors (Lipinski definition) is 5. The van der Waals surface area contributed by atoms with E-state index in [0.29, 0.717) is 12.2 Å². The summed E-state index contributed by atoms with van der Waals surface area (Å²) in [7, 11) is -2.44. The lowest BCUT2D eigenvalue weighted by molar-refractivity contribution is -0.140. The van der Waals surface area contributed by atoms with Crippen molar-refractivity contribution in [1.82, 2.24) is 10.2 Å². The summed E-state index contributed by atoms with van der Waals surface area (Å²) in [6.45, 7) is 1.30. The summed E-state index contributed by atoms with van der Waals surface area (Å²) < 4.78 is 31.9. The van der Waals surface area contributed by atoms with Crippen molar-refractivity contribution in [1.29, 1.82) is 0 Å². The average molecular weight is 619 g/mol. The van der Waals surface area contributed by atoms with Gasteiger partial charge in [0, 0.05) is 12.6 Å². The molecule has 0 heterocycles. The van der Waals surface area contributed by atoms with Crippen molar-refractivity contribution >= 4 is 62.3 Å². The summed E-state index contributed by atoms with van der Waals surface area (Å²) in [6.07, 6.45) is 6.32. The fraction of sp³-hybridized carbons (Fsp3) is 0.481. The van der Waals surface area contributed by atoms with E-state index in [-0.39, 0.29) is 39.2 Å². The Bertz CT molecular complexity index is 1290. The Morgan fingerprint density at radius 1 is 1.05 bits per heavy atom. The Morgan fingerprint density at radius 3 is 2.33 bits per heavy atom. The highest BCUT2D eigenvalue weighted by Crippen LogP contribution is 2.35. The van der Waals surface area contributed by atoms with Crippen molar-refractivity contribution in [3.63, 3.8) is 0 Å². The van der Waals surface area contributed by atoms with E-state index in [9.17, 15) is 18.0 Å². The molecule has 0 aliphatic heterocycles. The molecular weight excluding hydrogens is 585 g/mol. The van der Waals surface area contributed by atoms with Crippen LogP contribution in [-0.2, 0) is 26.2 Å². The van der Waals surface area contributed by atoms with Crippen LogP contribution in [0.15, 0.2) is 36.4 Å². The molecule has 1 unspecified atom stereocenters. The lowest BCUT2D eigenvalue weighted by Crippen LogP contribution is -2.54. The molecule has 1 aliphatic carbocycles. The van der Waals surface area contributed by atoms with Crippen molar-refractivity contribution in [3.05, 3.63) is 57.0 Å². The molecule has 214 valence electrons. The van der Waals surface area contributed by atoms with Crippen LogP contribution in [0.25, 0.3) is 0 Å². The van der Waals surface area contributed by atoms with Crippen molar-refractivity contribution < 1.29 is 22.7 Å². The number of rotatable bonds is 11. The molecule has 0 spiro atoms. The maximum absolute atomic E-state index is 13.9. The summed E-state index contributed by atoms with van der Waals surface area (Å²) in [6, 6.07) is 9.02. The Morgan fingerprint density at radius 2 is 1.72 bits per heavy atom. The molecule has 2 aromatic rings. The molecule has 1 saturated carbocycles. The fourth-order valence-corrected chi connectivity index (χ4v) is 6.28. The van der Waals surface area contributed by atoms with Gasteiger partial charge in [0.1, 0.15) is 18.3 Å². The molecule has 0 aromatic heterocycles. The van der Waals surface area contributed by atoms with Gasteiger partial charge in [0.15, 0.2) is 0 Å². The van der Waals surface area contributed by atoms with E-state index in [4.69, 9.17) is 39.5 Å². The Hall–Kier alpha value is -2.20. The second-order valence-electron chi connectivity index (χ2n) is 9.63. The largest absolute Gasteiger partial charge is 0.497 e. The van der Waals surface area contributed by atoms with E-state index in [2.05, 4.69) is 5.32 Å². The molecule has 12 heteroatoms. The van der Waals surface area contributed by atoms with Crippen LogP contribution in [-0.4, -0.2) is 57.1 Å². The Kier molecular flexibility index (Phi) is 11.2. The molecule has 2 aromatic carbocycles. The summed E-state index contributed by atoms with van der Waals surface area (Å²) in [5.41, 5.74) is 0.744. The highest BCUT2D eigenvalue weighted by atomic mass is 35.5. The lowest BCUT2D eigenvalue weighted by Gasteiger charge is -2.34. The monoisotopic (exact) mass is 617 g/mol. The minimum Gasteiger partial charge on any atom is -0.497 e. The Labute approximate surface area is 245 Å². The third-order valence-electron chi connectivity index (χ3n) is 6.76. The van der Waals surface area contributed by atoms with Gasteiger partial charge in [0.25, 0.3) is 0 Å². The first-order chi connectivity index (χ1) is 18.4. The zero-order valence-electron chi connectivity index (χ0n) is 22.3. The Balaban J connectivity index is 1.97. The number of halogens is 3. The number of carbonyl (C=O) groups is 2. The van der Waals surface area contributed by atoms with E-state index in [1.807, 2.05) is 13.0 Å². The van der Waals surface area contributed by atoms with Gasteiger partial charge in [-0.25, -0.2) is 8.42 Å². The number of ether oxygens (including phenoxy) is 1. The standard InChI is InChI=1S/C27H34Cl3N3O5S/c1-4-24(27(35)31-19-10-6-5-7-11-19)32(16-18-9-8-12-20(13-18)38-2)26(34)17-33(39(3,36)37)25-15-22(29)21(28)14-23(25)30/h8-9,12-15,19,24H,4-7,10-11,16-17H2,1-3H3,(H,31,35). The van der Waals surface area contributed by atoms with Gasteiger partial charge in [-0.05, 0) is 49.1 Å². The summed E-state index contributed by atoms with van der Waals surface area (Å²) in [5.74, 6) is -0.241. The maximum atomic E-state index is 13.9. The van der Waals surface area contributed by atoms with E-state index < -0.39 is 28.5 Å². The second-order valence-corrected chi connectivity index (χ2v) is 12.8. The summed E-state index contributed by atoms with van der Waals surface area (Å²) in [5, 5.41) is 3.36. The number of amides is 2. The number of sulfonamides is 1. The predicted molar refractivity (Wildman–Crippen MR) is 156 cm³/mol. The first-order valence-corrected chi connectivity index (χ1v) is 15.8. The number of carbonyl (C=O) groups excluding carboxylic acids is 2. The zero-order valence-corrected chi connectivity index (χ0v) is 25.3. The summed E-state index contributed by atoms with van der Waals surface area (Å²) >= 11 is 18.5. The van der Waals surface area contributed by atoms with Crippen LogP contribution in [0.5, 0.6) is 5.75 Å². The van der Waals surface area contributed by atoms with Crippen LogP contribution in [0, 0.1) is 0 Å². The molecule has 8 nitrogen and oxygen atoms in total. The van der Waals surface area contributed by atoms with E-state index in [1.54, 1.807) is 25.3 Å². The van der Waals surface area contributed by atoms with Crippen LogP contribution in [0.2, 0.25) is 15.1 Å². The number of methoxy groups -OCH3 is 1. The van der Waals surface area contributed by atoms with Gasteiger partial charge in [-0.15, -0.1) is 0 Å². The van der Waals surface area contributed by atoms with Crippen molar-refractivity contribution in [2.24, 2.45) is 0 Å². The molecule has 1 N–H and O–H groups in total. The smallest absolute Gasteiger partial charge is 0.244 e. The van der Waals surface area contributed by atoms with Crippen LogP contribution >= 0.6 is 34.8 Å². The van der Waals surface area contributed by atoms with Crippen LogP contribution in [0.4, 0.5) is 5.69 Å². The molecular formula is C27H34Cl3N3O5S. The van der Waals surface area contributed by atoms with Crippen LogP contribution in [0.1, 0.15) is 51.0 Å². The molecule has 1 fully saturated rings. The molecule has 0 saturated heterocycles. The topological polar surface area (TPSA) is 96.0 Å². The molecule has 0 bridgehead atoms. The van der Waals surface area contributed by atoms with Gasteiger partial charge in [0.2, 0.25) is 21.8 Å². The predicted octanol–water partition coefficient (Wildman–Crippen LogP) is 5.68. The first-order valence-electron chi connectivity index (χ1n) is 12.8. The average Bonchev–Trinajstić information content (AvgIpc) is 2.89. The van der Waals surface area contributed by atoms with Crippen molar-refractivity contribution in [2.45, 2.75) is 64.1 Å².